The molecule has 0 unspecified atom stereocenters. The summed E-state index contributed by atoms with van der Waals surface area (Å²) in [6.45, 7) is 0. The highest BCUT2D eigenvalue weighted by atomic mass is 35.5. The second-order valence-electron chi connectivity index (χ2n) is 1.40. The van der Waals surface area contributed by atoms with E-state index in [0.717, 1.165) is 0 Å². The summed E-state index contributed by atoms with van der Waals surface area (Å²) in [7, 11) is 1.85. The molecule has 4 heteroatoms. The van der Waals surface area contributed by atoms with Crippen LogP contribution in [0.1, 0.15) is 0 Å². The largest absolute Gasteiger partial charge is 0.369 e. The van der Waals surface area contributed by atoms with Gasteiger partial charge in [0.1, 0.15) is 0 Å². The van der Waals surface area contributed by atoms with Crippen LogP contribution < -0.4 is 5.73 Å². The fraction of sp³-hybridized carbons (Fsp3) is 0.250. The molecule has 3 nitrogen and oxygen atoms in total. The van der Waals surface area contributed by atoms with Gasteiger partial charge in [0.2, 0.25) is 0 Å². The van der Waals surface area contributed by atoms with Gasteiger partial charge < -0.3 is 10.3 Å². The SMILES string of the molecule is Cl.Cn1ccnc1N. The van der Waals surface area contributed by atoms with Crippen molar-refractivity contribution in [1.29, 1.82) is 0 Å². The standard InChI is InChI=1S/C4H7N3.ClH/c1-7-3-2-6-4(7)5;/h2-3H,1H3,(H2,5,6);1H. The zero-order valence-electron chi connectivity index (χ0n) is 4.53. The van der Waals surface area contributed by atoms with Gasteiger partial charge in [0.25, 0.3) is 0 Å². The van der Waals surface area contributed by atoms with Crippen LogP contribution in [0.2, 0.25) is 0 Å². The van der Waals surface area contributed by atoms with E-state index < -0.39 is 0 Å². The third-order valence-electron chi connectivity index (χ3n) is 0.858. The molecule has 0 spiro atoms. The van der Waals surface area contributed by atoms with Gasteiger partial charge in [-0.15, -0.1) is 12.4 Å². The molecule has 0 amide bonds. The lowest BCUT2D eigenvalue weighted by molar-refractivity contribution is 0.930. The van der Waals surface area contributed by atoms with E-state index in [1.807, 2.05) is 7.05 Å². The maximum absolute atomic E-state index is 5.29. The Morgan fingerprint density at radius 2 is 2.38 bits per heavy atom. The minimum Gasteiger partial charge on any atom is -0.369 e. The van der Waals surface area contributed by atoms with E-state index in [0.29, 0.717) is 5.95 Å². The molecule has 0 radical (unpaired) electrons. The molecule has 0 aliphatic carbocycles. The van der Waals surface area contributed by atoms with Gasteiger partial charge in [-0.05, 0) is 0 Å². The van der Waals surface area contributed by atoms with Crippen LogP contribution in [0.15, 0.2) is 12.4 Å². The maximum Gasteiger partial charge on any atom is 0.199 e. The van der Waals surface area contributed by atoms with Crippen molar-refractivity contribution in [3.8, 4) is 0 Å². The number of aryl methyl sites for hydroxylation is 1. The van der Waals surface area contributed by atoms with E-state index in [1.54, 1.807) is 17.0 Å². The van der Waals surface area contributed by atoms with Crippen LogP contribution in [0.25, 0.3) is 0 Å². The topological polar surface area (TPSA) is 43.8 Å². The number of hydrogen-bond acceptors (Lipinski definition) is 2. The summed E-state index contributed by atoms with van der Waals surface area (Å²) in [4.78, 5) is 3.76. The number of nitrogen functional groups attached to an aromatic ring is 1. The average Bonchev–Trinajstić information content (AvgIpc) is 1.91. The Bertz CT molecular complexity index is 144. The summed E-state index contributed by atoms with van der Waals surface area (Å²) in [5.74, 6) is 0.556. The zero-order valence-corrected chi connectivity index (χ0v) is 5.35. The number of imidazole rings is 1. The fourth-order valence-corrected chi connectivity index (χ4v) is 0.377. The van der Waals surface area contributed by atoms with Crippen LogP contribution in [-0.4, -0.2) is 9.55 Å². The molecule has 1 aromatic heterocycles. The molecular weight excluding hydrogens is 126 g/mol. The van der Waals surface area contributed by atoms with Gasteiger partial charge in [0, 0.05) is 19.4 Å². The Morgan fingerprint density at radius 1 is 1.75 bits per heavy atom. The number of hydrogen-bond donors (Lipinski definition) is 1. The lowest BCUT2D eigenvalue weighted by Crippen LogP contribution is -1.94. The van der Waals surface area contributed by atoms with Gasteiger partial charge >= 0.3 is 0 Å². The lowest BCUT2D eigenvalue weighted by Gasteiger charge is -1.87. The molecule has 0 fully saturated rings. The summed E-state index contributed by atoms with van der Waals surface area (Å²) in [6, 6.07) is 0. The van der Waals surface area contributed by atoms with Gasteiger partial charge in [-0.1, -0.05) is 0 Å². The minimum absolute atomic E-state index is 0. The van der Waals surface area contributed by atoms with E-state index in [9.17, 15) is 0 Å². The van der Waals surface area contributed by atoms with Gasteiger partial charge in [-0.25, -0.2) is 4.98 Å². The molecule has 1 heterocycles. The van der Waals surface area contributed by atoms with Crippen molar-refractivity contribution in [1.82, 2.24) is 9.55 Å². The molecule has 0 aliphatic heterocycles. The first-order valence-corrected chi connectivity index (χ1v) is 2.03. The number of rotatable bonds is 0. The Morgan fingerprint density at radius 3 is 2.50 bits per heavy atom. The monoisotopic (exact) mass is 133 g/mol. The molecule has 0 aliphatic rings. The highest BCUT2D eigenvalue weighted by Crippen LogP contribution is 1.90. The van der Waals surface area contributed by atoms with Gasteiger partial charge in [0.05, 0.1) is 0 Å². The molecule has 46 valence electrons. The van der Waals surface area contributed by atoms with Crippen LogP contribution in [0.3, 0.4) is 0 Å². The third-order valence-corrected chi connectivity index (χ3v) is 0.858. The van der Waals surface area contributed by atoms with Crippen LogP contribution in [0.5, 0.6) is 0 Å². The number of nitrogens with zero attached hydrogens (tertiary/aromatic N) is 2. The quantitative estimate of drug-likeness (QED) is 0.558. The third kappa shape index (κ3) is 1.13. The van der Waals surface area contributed by atoms with E-state index in [4.69, 9.17) is 5.73 Å². The Hall–Kier alpha value is -0.700. The van der Waals surface area contributed by atoms with Crippen molar-refractivity contribution >= 4 is 18.4 Å². The summed E-state index contributed by atoms with van der Waals surface area (Å²) < 4.78 is 1.75. The molecule has 1 rings (SSSR count). The normalized spacial score (nSPS) is 8.12. The summed E-state index contributed by atoms with van der Waals surface area (Å²) >= 11 is 0. The average molecular weight is 134 g/mol. The van der Waals surface area contributed by atoms with Gasteiger partial charge in [-0.2, -0.15) is 0 Å². The Labute approximate surface area is 53.9 Å². The smallest absolute Gasteiger partial charge is 0.199 e. The zero-order chi connectivity index (χ0) is 5.28. The lowest BCUT2D eigenvalue weighted by atomic mass is 10.9. The highest BCUT2D eigenvalue weighted by molar-refractivity contribution is 5.85. The van der Waals surface area contributed by atoms with E-state index in [-0.39, 0.29) is 12.4 Å². The Kier molecular flexibility index (Phi) is 2.34. The van der Waals surface area contributed by atoms with Crippen LogP contribution >= 0.6 is 12.4 Å². The molecule has 1 aromatic rings. The van der Waals surface area contributed by atoms with Gasteiger partial charge in [-0.3, -0.25) is 0 Å². The summed E-state index contributed by atoms with van der Waals surface area (Å²) in [5, 5.41) is 0. The molecule has 8 heavy (non-hydrogen) atoms. The first-order valence-electron chi connectivity index (χ1n) is 2.03. The van der Waals surface area contributed by atoms with Crippen LogP contribution in [-0.2, 0) is 7.05 Å². The first kappa shape index (κ1) is 7.30. The number of nitrogens with two attached hydrogens (primary N) is 1. The summed E-state index contributed by atoms with van der Waals surface area (Å²) in [5.41, 5.74) is 5.29. The number of halogens is 1. The van der Waals surface area contributed by atoms with Crippen molar-refractivity contribution in [3.63, 3.8) is 0 Å². The maximum atomic E-state index is 5.29. The molecule has 0 aromatic carbocycles. The highest BCUT2D eigenvalue weighted by Gasteiger charge is 1.84. The fourth-order valence-electron chi connectivity index (χ4n) is 0.377. The molecular formula is C4H8ClN3. The molecule has 0 bridgehead atoms. The minimum atomic E-state index is 0. The van der Waals surface area contributed by atoms with Crippen LogP contribution in [0, 0.1) is 0 Å². The molecule has 0 saturated heterocycles. The van der Waals surface area contributed by atoms with Crippen molar-refractivity contribution in [2.75, 3.05) is 5.73 Å². The molecule has 0 saturated carbocycles. The van der Waals surface area contributed by atoms with Crippen molar-refractivity contribution in [2.24, 2.45) is 7.05 Å². The Balaban J connectivity index is 0.000000490. The van der Waals surface area contributed by atoms with Crippen LogP contribution in [0.4, 0.5) is 5.95 Å². The van der Waals surface area contributed by atoms with Crippen molar-refractivity contribution < 1.29 is 0 Å². The second kappa shape index (κ2) is 2.57. The number of aromatic nitrogens is 2. The van der Waals surface area contributed by atoms with E-state index >= 15 is 0 Å². The first-order chi connectivity index (χ1) is 3.30. The molecule has 2 N–H and O–H groups in total. The van der Waals surface area contributed by atoms with E-state index in [1.165, 1.54) is 0 Å². The summed E-state index contributed by atoms with van der Waals surface area (Å²) in [6.07, 6.45) is 3.46. The number of anilines is 1. The second-order valence-corrected chi connectivity index (χ2v) is 1.40. The predicted octanol–water partition coefficient (Wildman–Crippen LogP) is 0.424. The van der Waals surface area contributed by atoms with Crippen molar-refractivity contribution in [3.05, 3.63) is 12.4 Å². The van der Waals surface area contributed by atoms with Gasteiger partial charge in [0.15, 0.2) is 5.95 Å². The predicted molar refractivity (Wildman–Crippen MR) is 34.9 cm³/mol. The van der Waals surface area contributed by atoms with Crippen molar-refractivity contribution in [2.45, 2.75) is 0 Å². The van der Waals surface area contributed by atoms with E-state index in [2.05, 4.69) is 4.98 Å². The molecule has 0 atom stereocenters.